The summed E-state index contributed by atoms with van der Waals surface area (Å²) in [4.78, 5) is 15.5. The van der Waals surface area contributed by atoms with E-state index in [0.717, 1.165) is 6.07 Å². The summed E-state index contributed by atoms with van der Waals surface area (Å²) in [5.41, 5.74) is 5.31. The molecule has 0 bridgehead atoms. The van der Waals surface area contributed by atoms with Gasteiger partial charge in [0, 0.05) is 18.7 Å². The molecule has 2 N–H and O–H groups in total. The number of fused-ring (bicyclic) bond motifs is 1. The number of carbonyl (C=O) groups excluding carboxylic acids is 1. The summed E-state index contributed by atoms with van der Waals surface area (Å²) in [5.74, 6) is -1.63. The number of rotatable bonds is 5. The highest BCUT2D eigenvalue weighted by Crippen LogP contribution is 2.29. The van der Waals surface area contributed by atoms with Crippen LogP contribution in [-0.2, 0) is 11.3 Å². The van der Waals surface area contributed by atoms with Crippen LogP contribution in [0.1, 0.15) is 6.92 Å². The summed E-state index contributed by atoms with van der Waals surface area (Å²) < 4.78 is 44.6. The second-order valence-corrected chi connectivity index (χ2v) is 7.50. The fraction of sp³-hybridized carbons (Fsp3) is 0.222. The molecule has 0 saturated heterocycles. The molecule has 0 fully saturated rings. The van der Waals surface area contributed by atoms with Crippen molar-refractivity contribution in [3.05, 3.63) is 42.5 Å². The molecule has 1 amide bonds. The van der Waals surface area contributed by atoms with Crippen molar-refractivity contribution in [2.45, 2.75) is 25.5 Å². The van der Waals surface area contributed by atoms with Gasteiger partial charge in [-0.05, 0) is 23.8 Å². The predicted molar refractivity (Wildman–Crippen MR) is 105 cm³/mol. The van der Waals surface area contributed by atoms with E-state index in [-0.39, 0.29) is 11.3 Å². The van der Waals surface area contributed by atoms with E-state index < -0.39 is 18.2 Å². The normalized spacial score (nSPS) is 15.9. The first-order valence-corrected chi connectivity index (χ1v) is 9.61. The maximum absolute atomic E-state index is 13.7. The molecule has 1 aliphatic heterocycles. The van der Waals surface area contributed by atoms with Gasteiger partial charge in [0.25, 0.3) is 0 Å². The number of hydrazone groups is 1. The quantitative estimate of drug-likeness (QED) is 0.639. The summed E-state index contributed by atoms with van der Waals surface area (Å²) in [6.07, 6.45) is 3.15. The predicted octanol–water partition coefficient (Wildman–Crippen LogP) is 2.91. The SMILES string of the molecule is CC(=O)NC1=NNC(Cn2ncc3ncc(-c4ccc(F)c(OC(F)F)c4)cc32)S1. The summed E-state index contributed by atoms with van der Waals surface area (Å²) in [6, 6.07) is 5.50. The van der Waals surface area contributed by atoms with Crippen LogP contribution < -0.4 is 15.5 Å². The van der Waals surface area contributed by atoms with Gasteiger partial charge in [-0.2, -0.15) is 19.0 Å². The summed E-state index contributed by atoms with van der Waals surface area (Å²) in [6.45, 7) is -1.30. The Hall–Kier alpha value is -3.28. The largest absolute Gasteiger partial charge is 0.432 e. The first-order chi connectivity index (χ1) is 14.4. The molecular formula is C18H15F3N6O2S. The summed E-state index contributed by atoms with van der Waals surface area (Å²) in [5, 5.41) is 11.3. The zero-order valence-corrected chi connectivity index (χ0v) is 16.3. The third kappa shape index (κ3) is 4.32. The number of alkyl halides is 2. The molecule has 1 atom stereocenters. The minimum atomic E-state index is -3.13. The van der Waals surface area contributed by atoms with Crippen molar-refractivity contribution in [1.29, 1.82) is 0 Å². The van der Waals surface area contributed by atoms with Gasteiger partial charge >= 0.3 is 6.61 Å². The lowest BCUT2D eigenvalue weighted by Crippen LogP contribution is -2.25. The second-order valence-electron chi connectivity index (χ2n) is 6.31. The van der Waals surface area contributed by atoms with E-state index in [0.29, 0.717) is 33.9 Å². The zero-order chi connectivity index (χ0) is 21.3. The fourth-order valence-corrected chi connectivity index (χ4v) is 3.79. The summed E-state index contributed by atoms with van der Waals surface area (Å²) >= 11 is 1.35. The van der Waals surface area contributed by atoms with Gasteiger partial charge in [-0.25, -0.2) is 4.39 Å². The number of halogens is 3. The first-order valence-electron chi connectivity index (χ1n) is 8.73. The molecule has 0 saturated carbocycles. The minimum Gasteiger partial charge on any atom is -0.432 e. The number of amidine groups is 1. The summed E-state index contributed by atoms with van der Waals surface area (Å²) in [7, 11) is 0. The van der Waals surface area contributed by atoms with Gasteiger partial charge in [0.05, 0.1) is 18.3 Å². The van der Waals surface area contributed by atoms with Crippen molar-refractivity contribution < 1.29 is 22.7 Å². The van der Waals surface area contributed by atoms with Crippen molar-refractivity contribution in [3.8, 4) is 16.9 Å². The number of ether oxygens (including phenoxy) is 1. The van der Waals surface area contributed by atoms with Crippen LogP contribution in [0.25, 0.3) is 22.2 Å². The van der Waals surface area contributed by atoms with Crippen molar-refractivity contribution in [3.63, 3.8) is 0 Å². The fourth-order valence-electron chi connectivity index (χ4n) is 2.89. The van der Waals surface area contributed by atoms with Crippen LogP contribution >= 0.6 is 11.8 Å². The van der Waals surface area contributed by atoms with Gasteiger partial charge in [-0.15, -0.1) is 0 Å². The number of thioether (sulfide) groups is 1. The van der Waals surface area contributed by atoms with Gasteiger partial charge in [-0.1, -0.05) is 17.8 Å². The van der Waals surface area contributed by atoms with Crippen molar-refractivity contribution in [2.24, 2.45) is 5.10 Å². The topological polar surface area (TPSA) is 93.4 Å². The Bertz CT molecular complexity index is 1140. The van der Waals surface area contributed by atoms with Crippen molar-refractivity contribution in [2.75, 3.05) is 0 Å². The Morgan fingerprint density at radius 2 is 2.17 bits per heavy atom. The van der Waals surface area contributed by atoms with Crippen LogP contribution in [0.3, 0.4) is 0 Å². The Labute approximate surface area is 172 Å². The number of nitrogens with one attached hydrogen (secondary N) is 2. The van der Waals surface area contributed by atoms with Crippen LogP contribution in [0.15, 0.2) is 41.8 Å². The number of carbonyl (C=O) groups is 1. The van der Waals surface area contributed by atoms with Gasteiger partial charge in [0.15, 0.2) is 16.7 Å². The molecule has 3 heterocycles. The van der Waals surface area contributed by atoms with Crippen LogP contribution in [0.4, 0.5) is 13.2 Å². The monoisotopic (exact) mass is 436 g/mol. The smallest absolute Gasteiger partial charge is 0.387 e. The van der Waals surface area contributed by atoms with Gasteiger partial charge in [0.1, 0.15) is 10.9 Å². The average molecular weight is 436 g/mol. The third-order valence-corrected chi connectivity index (χ3v) is 5.12. The molecule has 0 aliphatic carbocycles. The molecule has 4 rings (SSSR count). The number of aromatic nitrogens is 3. The number of nitrogens with zero attached hydrogens (tertiary/aromatic N) is 4. The average Bonchev–Trinajstić information content (AvgIpc) is 3.29. The molecular weight excluding hydrogens is 421 g/mol. The first kappa shape index (κ1) is 20.0. The standard InChI is InChI=1S/C18H15F3N6O2S/c1-9(28)24-18-26-25-16(30-18)8-27-14-4-11(6-22-13(14)7-23-27)10-2-3-12(19)15(5-10)29-17(20)21/h2-7,16-17,25H,8H2,1H3,(H,24,26,28). The van der Waals surface area contributed by atoms with Gasteiger partial charge in [-0.3, -0.25) is 19.9 Å². The van der Waals surface area contributed by atoms with Gasteiger partial charge in [0.2, 0.25) is 5.91 Å². The molecule has 30 heavy (non-hydrogen) atoms. The Balaban J connectivity index is 1.57. The number of amides is 1. The Morgan fingerprint density at radius 1 is 1.33 bits per heavy atom. The van der Waals surface area contributed by atoms with Crippen molar-refractivity contribution in [1.82, 2.24) is 25.5 Å². The lowest BCUT2D eigenvalue weighted by molar-refractivity contribution is -0.117. The number of benzene rings is 1. The van der Waals surface area contributed by atoms with Crippen LogP contribution in [0, 0.1) is 5.82 Å². The van der Waals surface area contributed by atoms with Crippen molar-refractivity contribution >= 4 is 33.9 Å². The molecule has 1 unspecified atom stereocenters. The number of pyridine rings is 1. The lowest BCUT2D eigenvalue weighted by Gasteiger charge is -2.11. The third-order valence-electron chi connectivity index (χ3n) is 4.16. The molecule has 1 aromatic carbocycles. The maximum Gasteiger partial charge on any atom is 0.387 e. The number of hydrogen-bond acceptors (Lipinski definition) is 7. The highest BCUT2D eigenvalue weighted by molar-refractivity contribution is 8.14. The lowest BCUT2D eigenvalue weighted by atomic mass is 10.1. The van der Waals surface area contributed by atoms with E-state index in [2.05, 4.69) is 30.7 Å². The Morgan fingerprint density at radius 3 is 2.93 bits per heavy atom. The molecule has 156 valence electrons. The number of hydrogen-bond donors (Lipinski definition) is 2. The van der Waals surface area contributed by atoms with Gasteiger partial charge < -0.3 is 10.1 Å². The molecule has 8 nitrogen and oxygen atoms in total. The van der Waals surface area contributed by atoms with E-state index in [1.807, 2.05) is 0 Å². The van der Waals surface area contributed by atoms with Crippen LogP contribution in [-0.4, -0.2) is 37.8 Å². The maximum atomic E-state index is 13.7. The highest BCUT2D eigenvalue weighted by atomic mass is 32.2. The molecule has 0 radical (unpaired) electrons. The highest BCUT2D eigenvalue weighted by Gasteiger charge is 2.22. The molecule has 12 heteroatoms. The van der Waals surface area contributed by atoms with Crippen LogP contribution in [0.5, 0.6) is 5.75 Å². The van der Waals surface area contributed by atoms with Crippen LogP contribution in [0.2, 0.25) is 0 Å². The second kappa shape index (κ2) is 8.22. The molecule has 0 spiro atoms. The van der Waals surface area contributed by atoms with E-state index >= 15 is 0 Å². The molecule has 2 aromatic heterocycles. The van der Waals surface area contributed by atoms with E-state index in [1.165, 1.54) is 30.8 Å². The van der Waals surface area contributed by atoms with E-state index in [9.17, 15) is 18.0 Å². The Kier molecular flexibility index (Phi) is 5.48. The zero-order valence-electron chi connectivity index (χ0n) is 15.5. The van der Waals surface area contributed by atoms with E-state index in [1.54, 1.807) is 23.1 Å². The molecule has 1 aliphatic rings. The molecule has 3 aromatic rings. The minimum absolute atomic E-state index is 0.157. The van der Waals surface area contributed by atoms with E-state index in [4.69, 9.17) is 0 Å².